The smallest absolute Gasteiger partial charge is 0.224 e. The maximum atomic E-state index is 5.03. The molecule has 0 spiro atoms. The van der Waals surface area contributed by atoms with Crippen LogP contribution in [0.1, 0.15) is 6.92 Å². The van der Waals surface area contributed by atoms with E-state index in [4.69, 9.17) is 4.74 Å². The van der Waals surface area contributed by atoms with Crippen molar-refractivity contribution in [1.29, 1.82) is 0 Å². The van der Waals surface area contributed by atoms with Gasteiger partial charge in [-0.15, -0.1) is 0 Å². The van der Waals surface area contributed by atoms with E-state index < -0.39 is 0 Å². The molecule has 0 atom stereocenters. The van der Waals surface area contributed by atoms with Crippen LogP contribution >= 0.6 is 0 Å². The van der Waals surface area contributed by atoms with Gasteiger partial charge in [-0.3, -0.25) is 0 Å². The average Bonchev–Trinajstić information content (AvgIpc) is 2.37. The van der Waals surface area contributed by atoms with Crippen molar-refractivity contribution in [2.75, 3.05) is 57.6 Å². The molecule has 0 saturated heterocycles. The van der Waals surface area contributed by atoms with Crippen molar-refractivity contribution in [1.82, 2.24) is 14.9 Å². The molecular weight excluding hydrogens is 230 g/mol. The summed E-state index contributed by atoms with van der Waals surface area (Å²) in [5.41, 5.74) is 0. The SMILES string of the molecule is CCNc1nccc(NCCN(C)CCOC)n1. The van der Waals surface area contributed by atoms with Gasteiger partial charge < -0.3 is 20.3 Å². The number of rotatable bonds is 9. The highest BCUT2D eigenvalue weighted by molar-refractivity contribution is 5.39. The summed E-state index contributed by atoms with van der Waals surface area (Å²) >= 11 is 0. The van der Waals surface area contributed by atoms with Crippen LogP contribution in [0.2, 0.25) is 0 Å². The van der Waals surface area contributed by atoms with Crippen molar-refractivity contribution < 1.29 is 4.74 Å². The molecule has 2 N–H and O–H groups in total. The highest BCUT2D eigenvalue weighted by atomic mass is 16.5. The van der Waals surface area contributed by atoms with Gasteiger partial charge in [0.15, 0.2) is 0 Å². The number of hydrogen-bond acceptors (Lipinski definition) is 6. The minimum Gasteiger partial charge on any atom is -0.383 e. The van der Waals surface area contributed by atoms with Crippen molar-refractivity contribution in [3.8, 4) is 0 Å². The Morgan fingerprint density at radius 1 is 1.33 bits per heavy atom. The topological polar surface area (TPSA) is 62.3 Å². The summed E-state index contributed by atoms with van der Waals surface area (Å²) in [6.45, 7) is 6.34. The Morgan fingerprint density at radius 2 is 2.17 bits per heavy atom. The van der Waals surface area contributed by atoms with Gasteiger partial charge in [0.05, 0.1) is 6.61 Å². The maximum absolute atomic E-state index is 5.03. The van der Waals surface area contributed by atoms with Crippen molar-refractivity contribution in [2.24, 2.45) is 0 Å². The molecule has 1 aromatic heterocycles. The van der Waals surface area contributed by atoms with Crippen molar-refractivity contribution in [3.63, 3.8) is 0 Å². The van der Waals surface area contributed by atoms with Gasteiger partial charge in [-0.25, -0.2) is 4.98 Å². The third-order valence-corrected chi connectivity index (χ3v) is 2.47. The fourth-order valence-electron chi connectivity index (χ4n) is 1.43. The number of ether oxygens (including phenoxy) is 1. The van der Waals surface area contributed by atoms with Crippen LogP contribution < -0.4 is 10.6 Å². The Labute approximate surface area is 109 Å². The maximum Gasteiger partial charge on any atom is 0.224 e. The molecule has 0 bridgehead atoms. The van der Waals surface area contributed by atoms with E-state index in [1.54, 1.807) is 13.3 Å². The van der Waals surface area contributed by atoms with Gasteiger partial charge in [0.1, 0.15) is 5.82 Å². The molecule has 6 nitrogen and oxygen atoms in total. The lowest BCUT2D eigenvalue weighted by atomic mass is 10.5. The van der Waals surface area contributed by atoms with Crippen LogP contribution in [0.15, 0.2) is 12.3 Å². The van der Waals surface area contributed by atoms with Gasteiger partial charge in [0.2, 0.25) is 5.95 Å². The summed E-state index contributed by atoms with van der Waals surface area (Å²) in [5.74, 6) is 1.51. The van der Waals surface area contributed by atoms with Crippen molar-refractivity contribution in [2.45, 2.75) is 6.92 Å². The van der Waals surface area contributed by atoms with E-state index in [1.807, 2.05) is 13.0 Å². The van der Waals surface area contributed by atoms with Crippen molar-refractivity contribution in [3.05, 3.63) is 12.3 Å². The van der Waals surface area contributed by atoms with Gasteiger partial charge in [-0.1, -0.05) is 0 Å². The van der Waals surface area contributed by atoms with Gasteiger partial charge in [-0.05, 0) is 20.0 Å². The molecule has 0 aromatic carbocycles. The number of anilines is 2. The summed E-state index contributed by atoms with van der Waals surface area (Å²) in [5, 5.41) is 6.36. The molecule has 0 unspecified atom stereocenters. The zero-order valence-corrected chi connectivity index (χ0v) is 11.4. The number of nitrogens with one attached hydrogen (secondary N) is 2. The summed E-state index contributed by atoms with van der Waals surface area (Å²) in [4.78, 5) is 10.7. The van der Waals surface area contributed by atoms with E-state index in [0.717, 1.165) is 38.6 Å². The molecule has 18 heavy (non-hydrogen) atoms. The van der Waals surface area contributed by atoms with Gasteiger partial charge in [0.25, 0.3) is 0 Å². The molecule has 0 saturated carbocycles. The first-order chi connectivity index (χ1) is 8.76. The molecule has 1 heterocycles. The second-order valence-electron chi connectivity index (χ2n) is 4.02. The third kappa shape index (κ3) is 5.79. The highest BCUT2D eigenvalue weighted by Crippen LogP contribution is 2.04. The molecule has 0 aliphatic heterocycles. The first kappa shape index (κ1) is 14.7. The average molecular weight is 253 g/mol. The van der Waals surface area contributed by atoms with E-state index in [0.29, 0.717) is 5.95 Å². The predicted octanol–water partition coefficient (Wildman–Crippen LogP) is 0.898. The Bertz CT molecular complexity index is 334. The minimum atomic E-state index is 0.662. The monoisotopic (exact) mass is 253 g/mol. The van der Waals surface area contributed by atoms with Crippen molar-refractivity contribution >= 4 is 11.8 Å². The van der Waals surface area contributed by atoms with Gasteiger partial charge in [-0.2, -0.15) is 4.98 Å². The van der Waals surface area contributed by atoms with Crippen LogP contribution in [0.5, 0.6) is 0 Å². The molecule has 0 amide bonds. The molecule has 0 radical (unpaired) electrons. The third-order valence-electron chi connectivity index (χ3n) is 2.47. The predicted molar refractivity (Wildman–Crippen MR) is 74.1 cm³/mol. The summed E-state index contributed by atoms with van der Waals surface area (Å²) in [6.07, 6.45) is 1.75. The van der Waals surface area contributed by atoms with Gasteiger partial charge in [0, 0.05) is 39.5 Å². The highest BCUT2D eigenvalue weighted by Gasteiger charge is 1.99. The molecule has 102 valence electrons. The van der Waals surface area contributed by atoms with Crippen LogP contribution in [0.4, 0.5) is 11.8 Å². The largest absolute Gasteiger partial charge is 0.383 e. The second kappa shape index (κ2) is 8.66. The van der Waals surface area contributed by atoms with E-state index in [9.17, 15) is 0 Å². The summed E-state index contributed by atoms with van der Waals surface area (Å²) in [6, 6.07) is 1.87. The number of hydrogen-bond donors (Lipinski definition) is 2. The summed E-state index contributed by atoms with van der Waals surface area (Å²) < 4.78 is 5.03. The fourth-order valence-corrected chi connectivity index (χ4v) is 1.43. The van der Waals surface area contributed by atoms with E-state index in [1.165, 1.54) is 0 Å². The number of methoxy groups -OCH3 is 1. The Hall–Kier alpha value is -1.40. The quantitative estimate of drug-likeness (QED) is 0.682. The first-order valence-corrected chi connectivity index (χ1v) is 6.24. The van der Waals surface area contributed by atoms with E-state index in [2.05, 4.69) is 32.5 Å². The van der Waals surface area contributed by atoms with E-state index in [-0.39, 0.29) is 0 Å². The molecule has 6 heteroatoms. The van der Waals surface area contributed by atoms with Crippen LogP contribution in [-0.2, 0) is 4.74 Å². The van der Waals surface area contributed by atoms with Crippen LogP contribution in [-0.4, -0.2) is 61.8 Å². The lowest BCUT2D eigenvalue weighted by molar-refractivity contribution is 0.163. The van der Waals surface area contributed by atoms with Crippen LogP contribution in [0.3, 0.4) is 0 Å². The summed E-state index contributed by atoms with van der Waals surface area (Å²) in [7, 11) is 3.79. The zero-order valence-electron chi connectivity index (χ0n) is 11.4. The van der Waals surface area contributed by atoms with Gasteiger partial charge >= 0.3 is 0 Å². The molecule has 0 aliphatic carbocycles. The molecule has 1 aromatic rings. The zero-order chi connectivity index (χ0) is 13.2. The molecule has 0 fully saturated rings. The normalized spacial score (nSPS) is 10.7. The van der Waals surface area contributed by atoms with Crippen LogP contribution in [0, 0.1) is 0 Å². The van der Waals surface area contributed by atoms with E-state index >= 15 is 0 Å². The standard InChI is InChI=1S/C12H23N5O/c1-4-13-12-15-6-5-11(16-12)14-7-8-17(2)9-10-18-3/h5-6H,4,7-10H2,1-3H3,(H2,13,14,15,16). The minimum absolute atomic E-state index is 0.662. The number of nitrogens with zero attached hydrogens (tertiary/aromatic N) is 3. The lowest BCUT2D eigenvalue weighted by Crippen LogP contribution is -2.28. The Balaban J connectivity index is 2.28. The van der Waals surface area contributed by atoms with Crippen LogP contribution in [0.25, 0.3) is 0 Å². The fraction of sp³-hybridized carbons (Fsp3) is 0.667. The first-order valence-electron chi connectivity index (χ1n) is 6.24. The molecular formula is C12H23N5O. The number of aromatic nitrogens is 2. The lowest BCUT2D eigenvalue weighted by Gasteiger charge is -2.16. The number of likely N-dealkylation sites (N-methyl/N-ethyl adjacent to an activating group) is 1. The second-order valence-corrected chi connectivity index (χ2v) is 4.02. The Kier molecular flexibility index (Phi) is 7.05. The molecule has 1 rings (SSSR count). The Morgan fingerprint density at radius 3 is 2.89 bits per heavy atom. The molecule has 0 aliphatic rings.